The van der Waals surface area contributed by atoms with E-state index in [9.17, 15) is 4.39 Å². The number of anilines is 1. The van der Waals surface area contributed by atoms with Crippen LogP contribution in [-0.2, 0) is 9.47 Å². The molecule has 0 heterocycles. The zero-order chi connectivity index (χ0) is 13.5. The summed E-state index contributed by atoms with van der Waals surface area (Å²) in [5.41, 5.74) is 6.68. The summed E-state index contributed by atoms with van der Waals surface area (Å²) in [6, 6.07) is 2.65. The lowest BCUT2D eigenvalue weighted by molar-refractivity contribution is -0.146. The Bertz CT molecular complexity index is 379. The van der Waals surface area contributed by atoms with E-state index in [1.807, 2.05) is 13.8 Å². The Morgan fingerprint density at radius 3 is 2.28 bits per heavy atom. The van der Waals surface area contributed by atoms with E-state index in [0.717, 1.165) is 12.8 Å². The minimum Gasteiger partial charge on any atom is -0.398 e. The van der Waals surface area contributed by atoms with Crippen LogP contribution in [0.3, 0.4) is 0 Å². The summed E-state index contributed by atoms with van der Waals surface area (Å²) in [5, 5.41) is 0.000910. The lowest BCUT2D eigenvalue weighted by Gasteiger charge is -2.20. The zero-order valence-electron chi connectivity index (χ0n) is 10.7. The van der Waals surface area contributed by atoms with Gasteiger partial charge in [-0.1, -0.05) is 25.4 Å². The van der Waals surface area contributed by atoms with E-state index in [1.165, 1.54) is 12.1 Å². The van der Waals surface area contributed by atoms with Crippen molar-refractivity contribution in [2.24, 2.45) is 0 Å². The first kappa shape index (κ1) is 15.2. The predicted molar refractivity (Wildman–Crippen MR) is 71.0 cm³/mol. The molecular formula is C13H19ClFNO2. The second-order valence-electron chi connectivity index (χ2n) is 3.97. The van der Waals surface area contributed by atoms with Crippen molar-refractivity contribution < 1.29 is 13.9 Å². The molecule has 0 unspecified atom stereocenters. The molecule has 0 aliphatic rings. The van der Waals surface area contributed by atoms with Gasteiger partial charge >= 0.3 is 0 Å². The van der Waals surface area contributed by atoms with Crippen LogP contribution in [0.15, 0.2) is 12.1 Å². The molecule has 0 aliphatic heterocycles. The number of hydrogen-bond acceptors (Lipinski definition) is 3. The monoisotopic (exact) mass is 275 g/mol. The van der Waals surface area contributed by atoms with E-state index in [2.05, 4.69) is 0 Å². The molecule has 0 atom stereocenters. The van der Waals surface area contributed by atoms with E-state index >= 15 is 0 Å². The average Bonchev–Trinajstić information content (AvgIpc) is 2.35. The molecule has 0 amide bonds. The molecular weight excluding hydrogens is 257 g/mol. The summed E-state index contributed by atoms with van der Waals surface area (Å²) in [6.07, 6.45) is 1.06. The first-order valence-electron chi connectivity index (χ1n) is 6.07. The summed E-state index contributed by atoms with van der Waals surface area (Å²) in [7, 11) is 0. The molecule has 1 aromatic rings. The largest absolute Gasteiger partial charge is 0.398 e. The molecule has 0 aliphatic carbocycles. The van der Waals surface area contributed by atoms with Crippen molar-refractivity contribution >= 4 is 17.3 Å². The number of nitrogen functional groups attached to an aromatic ring is 1. The fourth-order valence-corrected chi connectivity index (χ4v) is 1.63. The van der Waals surface area contributed by atoms with E-state index < -0.39 is 12.1 Å². The summed E-state index contributed by atoms with van der Waals surface area (Å²) in [5.74, 6) is -0.522. The summed E-state index contributed by atoms with van der Waals surface area (Å²) in [4.78, 5) is 0. The van der Waals surface area contributed by atoms with E-state index in [4.69, 9.17) is 26.8 Å². The SMILES string of the molecule is CCCOC(OCCC)c1cc(F)c(Cl)cc1N. The Morgan fingerprint density at radius 1 is 1.22 bits per heavy atom. The Balaban J connectivity index is 2.92. The lowest BCUT2D eigenvalue weighted by atomic mass is 10.1. The highest BCUT2D eigenvalue weighted by atomic mass is 35.5. The number of benzene rings is 1. The van der Waals surface area contributed by atoms with Crippen LogP contribution in [0.1, 0.15) is 38.5 Å². The smallest absolute Gasteiger partial charge is 0.185 e. The number of hydrogen-bond donors (Lipinski definition) is 1. The molecule has 0 fully saturated rings. The minimum absolute atomic E-state index is 0.000910. The topological polar surface area (TPSA) is 44.5 Å². The number of halogens is 2. The molecule has 2 N–H and O–H groups in total. The fraction of sp³-hybridized carbons (Fsp3) is 0.538. The average molecular weight is 276 g/mol. The maximum absolute atomic E-state index is 13.5. The first-order chi connectivity index (χ1) is 8.60. The van der Waals surface area contributed by atoms with Gasteiger partial charge in [0.2, 0.25) is 0 Å². The van der Waals surface area contributed by atoms with Gasteiger partial charge in [-0.3, -0.25) is 0 Å². The van der Waals surface area contributed by atoms with Crippen LogP contribution in [0.2, 0.25) is 5.02 Å². The molecule has 102 valence electrons. The molecule has 5 heteroatoms. The Hall–Kier alpha value is -0.840. The Morgan fingerprint density at radius 2 is 1.78 bits per heavy atom. The third-order valence-electron chi connectivity index (χ3n) is 2.33. The molecule has 0 radical (unpaired) electrons. The molecule has 0 bridgehead atoms. The lowest BCUT2D eigenvalue weighted by Crippen LogP contribution is -2.13. The highest BCUT2D eigenvalue weighted by Crippen LogP contribution is 2.29. The number of rotatable bonds is 7. The highest BCUT2D eigenvalue weighted by molar-refractivity contribution is 6.31. The van der Waals surface area contributed by atoms with E-state index in [-0.39, 0.29) is 5.02 Å². The third kappa shape index (κ3) is 4.12. The normalized spacial score (nSPS) is 11.2. The standard InChI is InChI=1S/C13H19ClFNO2/c1-3-5-17-13(18-6-4-2)9-7-11(15)10(14)8-12(9)16/h7-8,13H,3-6,16H2,1-2H3. The van der Waals surface area contributed by atoms with Gasteiger partial charge in [0.25, 0.3) is 0 Å². The predicted octanol–water partition coefficient (Wildman–Crippen LogP) is 3.91. The minimum atomic E-state index is -0.642. The van der Waals surface area contributed by atoms with Crippen molar-refractivity contribution in [3.8, 4) is 0 Å². The maximum atomic E-state index is 13.5. The van der Waals surface area contributed by atoms with Crippen LogP contribution in [0.4, 0.5) is 10.1 Å². The van der Waals surface area contributed by atoms with Crippen LogP contribution in [0.25, 0.3) is 0 Å². The molecule has 1 aromatic carbocycles. The van der Waals surface area contributed by atoms with Crippen LogP contribution in [-0.4, -0.2) is 13.2 Å². The summed E-state index contributed by atoms with van der Waals surface area (Å²) in [6.45, 7) is 5.03. The number of ether oxygens (including phenoxy) is 2. The molecule has 3 nitrogen and oxygen atoms in total. The van der Waals surface area contributed by atoms with Crippen molar-refractivity contribution in [3.63, 3.8) is 0 Å². The van der Waals surface area contributed by atoms with Crippen molar-refractivity contribution in [1.29, 1.82) is 0 Å². The molecule has 1 rings (SSSR count). The van der Waals surface area contributed by atoms with Crippen molar-refractivity contribution in [2.45, 2.75) is 33.0 Å². The summed E-state index contributed by atoms with van der Waals surface area (Å²) < 4.78 is 24.6. The van der Waals surface area contributed by atoms with Gasteiger partial charge in [0.15, 0.2) is 6.29 Å². The second kappa shape index (κ2) is 7.56. The maximum Gasteiger partial charge on any atom is 0.185 e. The van der Waals surface area contributed by atoms with E-state index in [1.54, 1.807) is 0 Å². The Kier molecular flexibility index (Phi) is 6.39. The van der Waals surface area contributed by atoms with Gasteiger partial charge in [-0.05, 0) is 25.0 Å². The zero-order valence-corrected chi connectivity index (χ0v) is 11.5. The fourth-order valence-electron chi connectivity index (χ4n) is 1.46. The van der Waals surface area contributed by atoms with E-state index in [0.29, 0.717) is 24.5 Å². The molecule has 0 saturated heterocycles. The van der Waals surface area contributed by atoms with Gasteiger partial charge in [0.1, 0.15) is 5.82 Å². The first-order valence-corrected chi connectivity index (χ1v) is 6.45. The van der Waals surface area contributed by atoms with Crippen molar-refractivity contribution in [3.05, 3.63) is 28.5 Å². The summed E-state index contributed by atoms with van der Waals surface area (Å²) >= 11 is 5.66. The second-order valence-corrected chi connectivity index (χ2v) is 4.38. The Labute approximate surface area is 112 Å². The van der Waals surface area contributed by atoms with Gasteiger partial charge in [0.05, 0.1) is 5.02 Å². The molecule has 18 heavy (non-hydrogen) atoms. The molecule has 0 saturated carbocycles. The van der Waals surface area contributed by atoms with Crippen molar-refractivity contribution in [1.82, 2.24) is 0 Å². The van der Waals surface area contributed by atoms with Crippen LogP contribution in [0, 0.1) is 5.82 Å². The number of nitrogens with two attached hydrogens (primary N) is 1. The van der Waals surface area contributed by atoms with Crippen LogP contribution < -0.4 is 5.73 Å². The van der Waals surface area contributed by atoms with Gasteiger partial charge < -0.3 is 15.2 Å². The third-order valence-corrected chi connectivity index (χ3v) is 2.62. The van der Waals surface area contributed by atoms with Gasteiger partial charge in [-0.2, -0.15) is 0 Å². The quantitative estimate of drug-likeness (QED) is 0.606. The van der Waals surface area contributed by atoms with Crippen molar-refractivity contribution in [2.75, 3.05) is 18.9 Å². The van der Waals surface area contributed by atoms with Gasteiger partial charge in [-0.25, -0.2) is 4.39 Å². The van der Waals surface area contributed by atoms with Crippen LogP contribution >= 0.6 is 11.6 Å². The van der Waals surface area contributed by atoms with Gasteiger partial charge in [-0.15, -0.1) is 0 Å². The van der Waals surface area contributed by atoms with Crippen LogP contribution in [0.5, 0.6) is 0 Å². The van der Waals surface area contributed by atoms with Gasteiger partial charge in [0, 0.05) is 24.5 Å². The highest BCUT2D eigenvalue weighted by Gasteiger charge is 2.17. The molecule has 0 aromatic heterocycles. The molecule has 0 spiro atoms.